The summed E-state index contributed by atoms with van der Waals surface area (Å²) >= 11 is 0. The van der Waals surface area contributed by atoms with Crippen molar-refractivity contribution < 1.29 is 8.42 Å². The van der Waals surface area contributed by atoms with E-state index >= 15 is 0 Å². The summed E-state index contributed by atoms with van der Waals surface area (Å²) < 4.78 is 26.6. The van der Waals surface area contributed by atoms with Crippen molar-refractivity contribution in [3.05, 3.63) is 35.9 Å². The highest BCUT2D eigenvalue weighted by molar-refractivity contribution is 7.89. The molecule has 0 aliphatic heterocycles. The maximum absolute atomic E-state index is 12.0. The number of rotatable bonds is 10. The average Bonchev–Trinajstić information content (AvgIpc) is 2.43. The van der Waals surface area contributed by atoms with Gasteiger partial charge < -0.3 is 5.73 Å². The van der Waals surface area contributed by atoms with Crippen molar-refractivity contribution in [1.29, 1.82) is 0 Å². The summed E-state index contributed by atoms with van der Waals surface area (Å²) in [6, 6.07) is 9.73. The Hall–Kier alpha value is -0.910. The fourth-order valence-corrected chi connectivity index (χ4v) is 3.54. The number of benzene rings is 1. The first-order valence-corrected chi connectivity index (χ1v) is 8.93. The molecule has 1 aromatic carbocycles. The van der Waals surface area contributed by atoms with Crippen molar-refractivity contribution in [2.24, 2.45) is 5.73 Å². The Morgan fingerprint density at radius 3 is 2.40 bits per heavy atom. The van der Waals surface area contributed by atoms with Crippen molar-refractivity contribution >= 4 is 10.0 Å². The molecule has 0 fully saturated rings. The number of nitrogens with one attached hydrogen (secondary N) is 1. The zero-order valence-electron chi connectivity index (χ0n) is 12.2. The lowest BCUT2D eigenvalue weighted by molar-refractivity contribution is 0.567. The van der Waals surface area contributed by atoms with Gasteiger partial charge in [-0.2, -0.15) is 0 Å². The van der Waals surface area contributed by atoms with Gasteiger partial charge in [0.1, 0.15) is 0 Å². The van der Waals surface area contributed by atoms with E-state index in [-0.39, 0.29) is 11.7 Å². The third kappa shape index (κ3) is 7.03. The summed E-state index contributed by atoms with van der Waals surface area (Å²) in [5, 5.41) is 0. The predicted octanol–water partition coefficient (Wildman–Crippen LogP) is 2.23. The molecule has 0 aromatic heterocycles. The number of unbranched alkanes of at least 4 members (excludes halogenated alkanes) is 3. The minimum atomic E-state index is -3.20. The molecule has 4 nitrogen and oxygen atoms in total. The molecule has 1 atom stereocenters. The molecule has 0 amide bonds. The van der Waals surface area contributed by atoms with Crippen LogP contribution in [0.15, 0.2) is 30.3 Å². The van der Waals surface area contributed by atoms with Crippen molar-refractivity contribution in [2.75, 3.05) is 18.8 Å². The molecule has 3 N–H and O–H groups in total. The molecule has 0 aliphatic carbocycles. The second kappa shape index (κ2) is 9.10. The van der Waals surface area contributed by atoms with Crippen molar-refractivity contribution in [2.45, 2.75) is 38.5 Å². The molecule has 0 aliphatic rings. The lowest BCUT2D eigenvalue weighted by Crippen LogP contribution is -2.29. The van der Waals surface area contributed by atoms with Gasteiger partial charge in [0.15, 0.2) is 0 Å². The Morgan fingerprint density at radius 2 is 1.75 bits per heavy atom. The fourth-order valence-electron chi connectivity index (χ4n) is 2.12. The second-order valence-corrected chi connectivity index (χ2v) is 7.04. The van der Waals surface area contributed by atoms with Crippen LogP contribution in [0.25, 0.3) is 0 Å². The average molecular weight is 298 g/mol. The summed E-state index contributed by atoms with van der Waals surface area (Å²) in [5.41, 5.74) is 6.47. The minimum Gasteiger partial charge on any atom is -0.330 e. The van der Waals surface area contributed by atoms with E-state index in [2.05, 4.69) is 4.72 Å². The summed E-state index contributed by atoms with van der Waals surface area (Å²) in [4.78, 5) is 0. The van der Waals surface area contributed by atoms with Crippen LogP contribution in [-0.4, -0.2) is 27.3 Å². The van der Waals surface area contributed by atoms with Crippen LogP contribution in [0.2, 0.25) is 0 Å². The smallest absolute Gasteiger partial charge is 0.212 e. The SMILES string of the molecule is CC(CS(=O)(=O)NCCCCCCN)c1ccccc1. The Labute approximate surface area is 122 Å². The van der Waals surface area contributed by atoms with Gasteiger partial charge in [0.05, 0.1) is 5.75 Å². The van der Waals surface area contributed by atoms with Gasteiger partial charge >= 0.3 is 0 Å². The van der Waals surface area contributed by atoms with Crippen molar-refractivity contribution in [1.82, 2.24) is 4.72 Å². The van der Waals surface area contributed by atoms with E-state index < -0.39 is 10.0 Å². The lowest BCUT2D eigenvalue weighted by atomic mass is 10.0. The van der Waals surface area contributed by atoms with E-state index in [4.69, 9.17) is 5.73 Å². The van der Waals surface area contributed by atoms with E-state index in [1.54, 1.807) is 0 Å². The van der Waals surface area contributed by atoms with Crippen LogP contribution in [-0.2, 0) is 10.0 Å². The largest absolute Gasteiger partial charge is 0.330 e. The highest BCUT2D eigenvalue weighted by Crippen LogP contribution is 2.16. The number of hydrogen-bond acceptors (Lipinski definition) is 3. The Kier molecular flexibility index (Phi) is 7.80. The molecule has 0 spiro atoms. The van der Waals surface area contributed by atoms with E-state index in [0.29, 0.717) is 13.1 Å². The number of sulfonamides is 1. The van der Waals surface area contributed by atoms with Crippen molar-refractivity contribution in [3.63, 3.8) is 0 Å². The first kappa shape index (κ1) is 17.1. The topological polar surface area (TPSA) is 72.2 Å². The van der Waals surface area contributed by atoms with Crippen LogP contribution in [0.1, 0.15) is 44.1 Å². The monoisotopic (exact) mass is 298 g/mol. The maximum Gasteiger partial charge on any atom is 0.212 e. The third-order valence-electron chi connectivity index (χ3n) is 3.29. The number of nitrogens with two attached hydrogens (primary N) is 1. The maximum atomic E-state index is 12.0. The summed E-state index contributed by atoms with van der Waals surface area (Å²) in [5.74, 6) is 0.144. The van der Waals surface area contributed by atoms with Gasteiger partial charge in [-0.1, -0.05) is 50.1 Å². The van der Waals surface area contributed by atoms with E-state index in [1.807, 2.05) is 37.3 Å². The molecule has 0 bridgehead atoms. The normalized spacial score (nSPS) is 13.3. The standard InChI is InChI=1S/C15H26N2O2S/c1-14(15-9-5-4-6-10-15)13-20(18,19)17-12-8-3-2-7-11-16/h4-6,9-10,14,17H,2-3,7-8,11-13,16H2,1H3. The van der Waals surface area contributed by atoms with Crippen molar-refractivity contribution in [3.8, 4) is 0 Å². The fraction of sp³-hybridized carbons (Fsp3) is 0.600. The van der Waals surface area contributed by atoms with E-state index in [0.717, 1.165) is 31.2 Å². The highest BCUT2D eigenvalue weighted by atomic mass is 32.2. The van der Waals surface area contributed by atoms with Gasteiger partial charge in [0.2, 0.25) is 10.0 Å². The molecule has 1 rings (SSSR count). The predicted molar refractivity (Wildman–Crippen MR) is 84.2 cm³/mol. The second-order valence-electron chi connectivity index (χ2n) is 5.19. The molecule has 0 saturated heterocycles. The van der Waals surface area contributed by atoms with E-state index in [1.165, 1.54) is 0 Å². The molecule has 5 heteroatoms. The zero-order chi connectivity index (χ0) is 14.8. The van der Waals surface area contributed by atoms with Gasteiger partial charge in [0.25, 0.3) is 0 Å². The minimum absolute atomic E-state index is 0.00550. The Balaban J connectivity index is 2.31. The molecule has 0 radical (unpaired) electrons. The van der Waals surface area contributed by atoms with Crippen LogP contribution in [0.5, 0.6) is 0 Å². The summed E-state index contributed by atoms with van der Waals surface area (Å²) in [6.45, 7) is 3.17. The first-order valence-electron chi connectivity index (χ1n) is 7.27. The Morgan fingerprint density at radius 1 is 1.10 bits per heavy atom. The van der Waals surface area contributed by atoms with Gasteiger partial charge in [-0.3, -0.25) is 0 Å². The molecule has 20 heavy (non-hydrogen) atoms. The third-order valence-corrected chi connectivity index (χ3v) is 4.87. The number of hydrogen-bond donors (Lipinski definition) is 2. The molecule has 1 unspecified atom stereocenters. The van der Waals surface area contributed by atoms with Crippen LogP contribution in [0, 0.1) is 0 Å². The summed E-state index contributed by atoms with van der Waals surface area (Å²) in [7, 11) is -3.20. The van der Waals surface area contributed by atoms with E-state index in [9.17, 15) is 8.42 Å². The summed E-state index contributed by atoms with van der Waals surface area (Å²) in [6.07, 6.45) is 3.98. The first-order chi connectivity index (χ1) is 9.55. The Bertz CT molecular complexity index is 460. The molecular weight excluding hydrogens is 272 g/mol. The molecule has 114 valence electrons. The van der Waals surface area contributed by atoms with Crippen LogP contribution in [0.3, 0.4) is 0 Å². The van der Waals surface area contributed by atoms with Crippen LogP contribution < -0.4 is 10.5 Å². The van der Waals surface area contributed by atoms with Crippen LogP contribution in [0.4, 0.5) is 0 Å². The highest BCUT2D eigenvalue weighted by Gasteiger charge is 2.16. The molecular formula is C15H26N2O2S. The molecule has 0 saturated carbocycles. The quantitative estimate of drug-likeness (QED) is 0.651. The van der Waals surface area contributed by atoms with Gasteiger partial charge in [-0.15, -0.1) is 0 Å². The zero-order valence-corrected chi connectivity index (χ0v) is 13.0. The molecule has 1 aromatic rings. The van der Waals surface area contributed by atoms with Gasteiger partial charge in [-0.05, 0) is 30.9 Å². The lowest BCUT2D eigenvalue weighted by Gasteiger charge is -2.13. The van der Waals surface area contributed by atoms with Gasteiger partial charge in [-0.25, -0.2) is 13.1 Å². The van der Waals surface area contributed by atoms with Gasteiger partial charge in [0, 0.05) is 6.54 Å². The van der Waals surface area contributed by atoms with Crippen LogP contribution >= 0.6 is 0 Å². The molecule has 0 heterocycles.